The summed E-state index contributed by atoms with van der Waals surface area (Å²) in [4.78, 5) is 35.3. The Kier molecular flexibility index (Phi) is 8.06. The highest BCUT2D eigenvalue weighted by Crippen LogP contribution is 2.31. The maximum Gasteiger partial charge on any atom is 0.330 e. The normalized spacial score (nSPS) is 12.6. The Balaban J connectivity index is 1.55. The smallest absolute Gasteiger partial charge is 0.330 e. The number of halogens is 2. The number of anilines is 1. The number of imidazole rings is 1. The molecule has 2 aromatic carbocycles. The number of hydrogen-bond acceptors (Lipinski definition) is 6. The topological polar surface area (TPSA) is 130 Å². The lowest BCUT2D eigenvalue weighted by Crippen LogP contribution is -2.30. The molecule has 0 aliphatic carbocycles. The van der Waals surface area contributed by atoms with Crippen LogP contribution in [0, 0.1) is 5.82 Å². The summed E-state index contributed by atoms with van der Waals surface area (Å²) in [7, 11) is -3.77. The first-order valence-electron chi connectivity index (χ1n) is 12.5. The molecule has 5 aromatic rings. The van der Waals surface area contributed by atoms with Gasteiger partial charge in [-0.3, -0.25) is 19.1 Å². The van der Waals surface area contributed by atoms with Crippen molar-refractivity contribution < 1.29 is 12.8 Å². The largest absolute Gasteiger partial charge is 0.336 e. The van der Waals surface area contributed by atoms with Crippen molar-refractivity contribution in [1.82, 2.24) is 19.5 Å². The van der Waals surface area contributed by atoms with Gasteiger partial charge >= 0.3 is 5.69 Å². The lowest BCUT2D eigenvalue weighted by atomic mass is 9.91. The number of aryl methyl sites for hydroxylation is 1. The number of rotatable bonds is 10. The molecule has 3 N–H and O–H groups in total. The first-order chi connectivity index (χ1) is 19.2. The third kappa shape index (κ3) is 5.81. The number of aromatic nitrogens is 4. The van der Waals surface area contributed by atoms with E-state index in [0.29, 0.717) is 33.0 Å². The molecule has 0 aliphatic heterocycles. The first-order valence-corrected chi connectivity index (χ1v) is 15.6. The van der Waals surface area contributed by atoms with Gasteiger partial charge in [-0.2, -0.15) is 0 Å². The van der Waals surface area contributed by atoms with E-state index in [1.54, 1.807) is 48.5 Å². The van der Waals surface area contributed by atoms with E-state index in [-0.39, 0.29) is 27.6 Å². The minimum absolute atomic E-state index is 0.163. The molecule has 0 radical (unpaired) electrons. The van der Waals surface area contributed by atoms with Crippen LogP contribution in [0.1, 0.15) is 42.6 Å². The van der Waals surface area contributed by atoms with Gasteiger partial charge in [-0.15, -0.1) is 11.3 Å². The maximum absolute atomic E-state index is 14.7. The fourth-order valence-corrected chi connectivity index (χ4v) is 7.50. The highest BCUT2D eigenvalue weighted by molar-refractivity contribution is 9.11. The number of sulfonamides is 1. The molecule has 0 spiro atoms. The predicted octanol–water partition coefficient (Wildman–Crippen LogP) is 5.35. The monoisotopic (exact) mass is 645 g/mol. The standard InChI is InChI=1S/C27H25BrFN5O4S2/c1-2-3-14-34-25-23(26(35)32-27(34)36)30-24(31-25)19(15-17-6-4-5-7-20(17)29)16-8-10-18(11-9-16)33-40(37,38)22-13-12-21(28)39-22/h4-13,19,33H,2-3,14-15H2,1H3,(H,30,31)(H,32,35,36). The van der Waals surface area contributed by atoms with Gasteiger partial charge in [0, 0.05) is 18.2 Å². The highest BCUT2D eigenvalue weighted by Gasteiger charge is 2.24. The second-order valence-corrected chi connectivity index (χ2v) is 13.6. The van der Waals surface area contributed by atoms with E-state index in [4.69, 9.17) is 0 Å². The van der Waals surface area contributed by atoms with Crippen LogP contribution in [0.3, 0.4) is 0 Å². The van der Waals surface area contributed by atoms with Gasteiger partial charge in [0.05, 0.1) is 3.79 Å². The predicted molar refractivity (Wildman–Crippen MR) is 157 cm³/mol. The molecule has 1 atom stereocenters. The van der Waals surface area contributed by atoms with Gasteiger partial charge in [0.2, 0.25) is 0 Å². The number of benzene rings is 2. The molecular formula is C27H25BrFN5O4S2. The number of thiophene rings is 1. The molecule has 0 amide bonds. The van der Waals surface area contributed by atoms with Crippen molar-refractivity contribution in [3.8, 4) is 0 Å². The van der Waals surface area contributed by atoms with E-state index in [9.17, 15) is 22.4 Å². The third-order valence-electron chi connectivity index (χ3n) is 6.48. The highest BCUT2D eigenvalue weighted by atomic mass is 79.9. The molecule has 208 valence electrons. The second kappa shape index (κ2) is 11.5. The van der Waals surface area contributed by atoms with Gasteiger partial charge in [-0.1, -0.05) is 43.7 Å². The van der Waals surface area contributed by atoms with E-state index in [2.05, 4.69) is 35.6 Å². The van der Waals surface area contributed by atoms with E-state index in [0.717, 1.165) is 24.2 Å². The number of nitrogens with zero attached hydrogens (tertiary/aromatic N) is 2. The van der Waals surface area contributed by atoms with Crippen LogP contribution in [0.5, 0.6) is 0 Å². The van der Waals surface area contributed by atoms with Crippen molar-refractivity contribution in [2.45, 2.75) is 42.9 Å². The lowest BCUT2D eigenvalue weighted by molar-refractivity contribution is 0.598. The van der Waals surface area contributed by atoms with Crippen LogP contribution in [0.15, 0.2) is 78.2 Å². The SMILES string of the molecule is CCCCn1c(=O)[nH]c(=O)c2[nH]c(C(Cc3ccccc3F)c3ccc(NS(=O)(=O)c4ccc(Br)s4)cc3)nc21. The van der Waals surface area contributed by atoms with Crippen LogP contribution >= 0.6 is 27.3 Å². The zero-order valence-electron chi connectivity index (χ0n) is 21.3. The summed E-state index contributed by atoms with van der Waals surface area (Å²) >= 11 is 4.38. The van der Waals surface area contributed by atoms with E-state index in [1.807, 2.05) is 6.92 Å². The van der Waals surface area contributed by atoms with Gasteiger partial charge in [-0.25, -0.2) is 22.6 Å². The molecule has 9 nitrogen and oxygen atoms in total. The minimum Gasteiger partial charge on any atom is -0.336 e. The zero-order valence-corrected chi connectivity index (χ0v) is 24.5. The van der Waals surface area contributed by atoms with Gasteiger partial charge in [0.15, 0.2) is 5.65 Å². The van der Waals surface area contributed by atoms with Gasteiger partial charge < -0.3 is 4.98 Å². The van der Waals surface area contributed by atoms with Gasteiger partial charge in [0.25, 0.3) is 15.6 Å². The minimum atomic E-state index is -3.77. The summed E-state index contributed by atoms with van der Waals surface area (Å²) in [6.07, 6.45) is 1.78. The molecule has 0 saturated carbocycles. The van der Waals surface area contributed by atoms with Gasteiger partial charge in [0.1, 0.15) is 21.4 Å². The van der Waals surface area contributed by atoms with Crippen molar-refractivity contribution in [1.29, 1.82) is 0 Å². The fraction of sp³-hybridized carbons (Fsp3) is 0.222. The van der Waals surface area contributed by atoms with Gasteiger partial charge in [-0.05, 0) is 70.2 Å². The quantitative estimate of drug-likeness (QED) is 0.188. The summed E-state index contributed by atoms with van der Waals surface area (Å²) in [5.41, 5.74) is 0.789. The molecule has 0 bridgehead atoms. The Morgan fingerprint density at radius 1 is 1.07 bits per heavy atom. The molecule has 40 heavy (non-hydrogen) atoms. The van der Waals surface area contributed by atoms with E-state index in [1.165, 1.54) is 16.7 Å². The first kappa shape index (κ1) is 28.0. The van der Waals surface area contributed by atoms with Crippen LogP contribution in [-0.2, 0) is 23.0 Å². The lowest BCUT2D eigenvalue weighted by Gasteiger charge is -2.17. The number of aromatic amines is 2. The maximum atomic E-state index is 14.7. The van der Waals surface area contributed by atoms with E-state index < -0.39 is 27.2 Å². The molecule has 0 fully saturated rings. The van der Waals surface area contributed by atoms with Crippen molar-refractivity contribution in [2.75, 3.05) is 4.72 Å². The summed E-state index contributed by atoms with van der Waals surface area (Å²) in [6, 6.07) is 16.3. The number of hydrogen-bond donors (Lipinski definition) is 3. The molecular weight excluding hydrogens is 621 g/mol. The molecule has 5 rings (SSSR count). The molecule has 13 heteroatoms. The number of H-pyrrole nitrogens is 2. The summed E-state index contributed by atoms with van der Waals surface area (Å²) in [6.45, 7) is 2.39. The average molecular weight is 647 g/mol. The number of nitrogens with one attached hydrogen (secondary N) is 3. The summed E-state index contributed by atoms with van der Waals surface area (Å²) in [5.74, 6) is -0.526. The third-order valence-corrected chi connectivity index (χ3v) is 9.97. The summed E-state index contributed by atoms with van der Waals surface area (Å²) < 4.78 is 45.1. The van der Waals surface area contributed by atoms with Crippen LogP contribution in [-0.4, -0.2) is 27.9 Å². The molecule has 0 aliphatic rings. The van der Waals surface area contributed by atoms with E-state index >= 15 is 0 Å². The second-order valence-electron chi connectivity index (χ2n) is 9.22. The van der Waals surface area contributed by atoms with Crippen molar-refractivity contribution >= 4 is 54.1 Å². The molecule has 1 unspecified atom stereocenters. The Bertz CT molecular complexity index is 1890. The van der Waals surface area contributed by atoms with Crippen LogP contribution < -0.4 is 16.0 Å². The zero-order chi connectivity index (χ0) is 28.4. The van der Waals surface area contributed by atoms with Crippen LogP contribution in [0.2, 0.25) is 0 Å². The molecule has 3 aromatic heterocycles. The number of fused-ring (bicyclic) bond motifs is 1. The Hall–Kier alpha value is -3.55. The number of unbranched alkanes of at least 4 members (excludes halogenated alkanes) is 1. The molecule has 0 saturated heterocycles. The Morgan fingerprint density at radius 3 is 2.50 bits per heavy atom. The van der Waals surface area contributed by atoms with Crippen molar-refractivity contribution in [2.24, 2.45) is 0 Å². The Labute approximate surface area is 241 Å². The van der Waals surface area contributed by atoms with Crippen LogP contribution in [0.25, 0.3) is 11.2 Å². The molecule has 3 heterocycles. The average Bonchev–Trinajstić information content (AvgIpc) is 3.56. The summed E-state index contributed by atoms with van der Waals surface area (Å²) in [5, 5.41) is 0. The van der Waals surface area contributed by atoms with Crippen molar-refractivity contribution in [3.63, 3.8) is 0 Å². The van der Waals surface area contributed by atoms with Crippen molar-refractivity contribution in [3.05, 3.63) is 108 Å². The fourth-order valence-electron chi connectivity index (χ4n) is 4.43. The Morgan fingerprint density at radius 2 is 1.82 bits per heavy atom. The van der Waals surface area contributed by atoms with Crippen LogP contribution in [0.4, 0.5) is 10.1 Å².